The molecule has 1 atom stereocenters. The van der Waals surface area contributed by atoms with Crippen LogP contribution in [0.2, 0.25) is 0 Å². The first-order valence-electron chi connectivity index (χ1n) is 5.74. The fourth-order valence-corrected chi connectivity index (χ4v) is 1.19. The molecule has 0 aliphatic carbocycles. The number of nitrogens with one attached hydrogen (secondary N) is 1. The van der Waals surface area contributed by atoms with Crippen LogP contribution in [0.1, 0.15) is 38.1 Å². The summed E-state index contributed by atoms with van der Waals surface area (Å²) in [5.41, 5.74) is 0.452. The Morgan fingerprint density at radius 2 is 2.12 bits per heavy atom. The van der Waals surface area contributed by atoms with Crippen molar-refractivity contribution >= 4 is 11.8 Å². The molecule has 2 N–H and O–H groups in total. The number of carboxylic acids is 1. The van der Waals surface area contributed by atoms with Crippen molar-refractivity contribution in [1.82, 2.24) is 4.98 Å². The smallest absolute Gasteiger partial charge is 0.337 e. The van der Waals surface area contributed by atoms with Gasteiger partial charge in [0.15, 0.2) is 0 Å². The number of carbonyl (C=O) groups is 1. The number of pyridine rings is 1. The third kappa shape index (κ3) is 4.06. The first-order valence-corrected chi connectivity index (χ1v) is 5.74. The number of nitrogens with zero attached hydrogens (tertiary/aromatic N) is 1. The number of carboxylic acid groups (broad SMARTS) is 1. The lowest BCUT2D eigenvalue weighted by Gasteiger charge is -2.27. The highest BCUT2D eigenvalue weighted by Crippen LogP contribution is 2.25. The quantitative estimate of drug-likeness (QED) is 0.843. The Bertz CT molecular complexity index is 379. The summed E-state index contributed by atoms with van der Waals surface area (Å²) >= 11 is 0. The third-order valence-electron chi connectivity index (χ3n) is 3.08. The summed E-state index contributed by atoms with van der Waals surface area (Å²) in [7, 11) is 0. The lowest BCUT2D eigenvalue weighted by molar-refractivity contribution is 0.0696. The fraction of sp³-hybridized carbons (Fsp3) is 0.538. The Labute approximate surface area is 102 Å². The highest BCUT2D eigenvalue weighted by Gasteiger charge is 2.19. The molecule has 0 saturated heterocycles. The lowest BCUT2D eigenvalue weighted by atomic mass is 9.82. The highest BCUT2D eigenvalue weighted by molar-refractivity contribution is 5.87. The van der Waals surface area contributed by atoms with Gasteiger partial charge in [0, 0.05) is 12.7 Å². The Morgan fingerprint density at radius 3 is 2.53 bits per heavy atom. The number of hydrogen-bond acceptors (Lipinski definition) is 3. The summed E-state index contributed by atoms with van der Waals surface area (Å²) in [6, 6.07) is 3.25. The molecular formula is C13H20N2O2. The van der Waals surface area contributed by atoms with E-state index in [9.17, 15) is 4.79 Å². The molecule has 0 radical (unpaired) electrons. The molecule has 17 heavy (non-hydrogen) atoms. The molecule has 1 unspecified atom stereocenters. The summed E-state index contributed by atoms with van der Waals surface area (Å²) in [5, 5.41) is 12.0. The molecule has 0 aliphatic heterocycles. The SMILES string of the molecule is CC(CNc1ccc(C(=O)O)cn1)C(C)(C)C. The monoisotopic (exact) mass is 236 g/mol. The van der Waals surface area contributed by atoms with Crippen LogP contribution in [0.4, 0.5) is 5.82 Å². The van der Waals surface area contributed by atoms with Crippen molar-refractivity contribution in [2.24, 2.45) is 11.3 Å². The molecule has 1 heterocycles. The zero-order chi connectivity index (χ0) is 13.1. The molecule has 0 saturated carbocycles. The van der Waals surface area contributed by atoms with Crippen molar-refractivity contribution in [2.75, 3.05) is 11.9 Å². The number of aromatic carboxylic acids is 1. The van der Waals surface area contributed by atoms with Crippen LogP contribution in [0.5, 0.6) is 0 Å². The van der Waals surface area contributed by atoms with Gasteiger partial charge in [0.2, 0.25) is 0 Å². The van der Waals surface area contributed by atoms with Gasteiger partial charge in [-0.3, -0.25) is 0 Å². The average Bonchev–Trinajstić information content (AvgIpc) is 2.25. The standard InChI is InChI=1S/C13H20N2O2/c1-9(13(2,3)4)7-14-11-6-5-10(8-15-11)12(16)17/h5-6,8-9H,7H2,1-4H3,(H,14,15)(H,16,17). The van der Waals surface area contributed by atoms with Gasteiger partial charge in [-0.2, -0.15) is 0 Å². The molecule has 1 rings (SSSR count). The Morgan fingerprint density at radius 1 is 1.47 bits per heavy atom. The predicted octanol–water partition coefficient (Wildman–Crippen LogP) is 2.87. The predicted molar refractivity (Wildman–Crippen MR) is 68.3 cm³/mol. The molecule has 0 bridgehead atoms. The van der Waals surface area contributed by atoms with Crippen LogP contribution in [-0.4, -0.2) is 22.6 Å². The van der Waals surface area contributed by atoms with Gasteiger partial charge in [-0.15, -0.1) is 0 Å². The van der Waals surface area contributed by atoms with Crippen molar-refractivity contribution in [3.63, 3.8) is 0 Å². The second-order valence-electron chi connectivity index (χ2n) is 5.39. The normalized spacial score (nSPS) is 13.2. The van der Waals surface area contributed by atoms with E-state index in [-0.39, 0.29) is 11.0 Å². The minimum Gasteiger partial charge on any atom is -0.478 e. The van der Waals surface area contributed by atoms with Crippen LogP contribution in [0.25, 0.3) is 0 Å². The van der Waals surface area contributed by atoms with Gasteiger partial charge >= 0.3 is 5.97 Å². The van der Waals surface area contributed by atoms with Crippen molar-refractivity contribution in [3.05, 3.63) is 23.9 Å². The van der Waals surface area contributed by atoms with Crippen LogP contribution in [0.15, 0.2) is 18.3 Å². The number of anilines is 1. The van der Waals surface area contributed by atoms with Crippen LogP contribution in [0.3, 0.4) is 0 Å². The molecule has 4 nitrogen and oxygen atoms in total. The zero-order valence-electron chi connectivity index (χ0n) is 10.8. The van der Waals surface area contributed by atoms with Crippen molar-refractivity contribution in [2.45, 2.75) is 27.7 Å². The van der Waals surface area contributed by atoms with E-state index in [0.29, 0.717) is 11.7 Å². The Hall–Kier alpha value is -1.58. The van der Waals surface area contributed by atoms with Crippen molar-refractivity contribution in [1.29, 1.82) is 0 Å². The van der Waals surface area contributed by atoms with E-state index in [2.05, 4.69) is 38.0 Å². The lowest BCUT2D eigenvalue weighted by Crippen LogP contribution is -2.25. The molecule has 0 spiro atoms. The van der Waals surface area contributed by atoms with Gasteiger partial charge < -0.3 is 10.4 Å². The van der Waals surface area contributed by atoms with Crippen LogP contribution in [0, 0.1) is 11.3 Å². The molecule has 0 amide bonds. The van der Waals surface area contributed by atoms with E-state index in [1.807, 2.05) is 0 Å². The summed E-state index contributed by atoms with van der Waals surface area (Å²) < 4.78 is 0. The van der Waals surface area contributed by atoms with Gasteiger partial charge in [-0.25, -0.2) is 9.78 Å². The first-order chi connectivity index (χ1) is 7.80. The van der Waals surface area contributed by atoms with Crippen LogP contribution < -0.4 is 5.32 Å². The van der Waals surface area contributed by atoms with E-state index in [1.165, 1.54) is 6.20 Å². The maximum absolute atomic E-state index is 10.6. The maximum atomic E-state index is 10.6. The van der Waals surface area contributed by atoms with E-state index in [4.69, 9.17) is 5.11 Å². The highest BCUT2D eigenvalue weighted by atomic mass is 16.4. The third-order valence-corrected chi connectivity index (χ3v) is 3.08. The first kappa shape index (κ1) is 13.5. The van der Waals surface area contributed by atoms with Crippen LogP contribution >= 0.6 is 0 Å². The topological polar surface area (TPSA) is 62.2 Å². The molecule has 0 aliphatic rings. The summed E-state index contributed by atoms with van der Waals surface area (Å²) in [6.45, 7) is 9.59. The zero-order valence-corrected chi connectivity index (χ0v) is 10.8. The molecule has 0 aromatic carbocycles. The summed E-state index contributed by atoms with van der Waals surface area (Å²) in [5.74, 6) is 0.265. The largest absolute Gasteiger partial charge is 0.478 e. The summed E-state index contributed by atoms with van der Waals surface area (Å²) in [6.07, 6.45) is 1.37. The van der Waals surface area contributed by atoms with Gasteiger partial charge in [-0.05, 0) is 23.5 Å². The van der Waals surface area contributed by atoms with E-state index in [1.54, 1.807) is 12.1 Å². The molecule has 0 fully saturated rings. The van der Waals surface area contributed by atoms with Gasteiger partial charge in [0.1, 0.15) is 5.82 Å². The van der Waals surface area contributed by atoms with Gasteiger partial charge in [-0.1, -0.05) is 27.7 Å². The fourth-order valence-electron chi connectivity index (χ4n) is 1.19. The minimum absolute atomic E-state index is 0.208. The Balaban J connectivity index is 2.56. The number of aromatic nitrogens is 1. The van der Waals surface area contributed by atoms with Gasteiger partial charge in [0.25, 0.3) is 0 Å². The minimum atomic E-state index is -0.952. The molecular weight excluding hydrogens is 216 g/mol. The van der Waals surface area contributed by atoms with Crippen molar-refractivity contribution < 1.29 is 9.90 Å². The van der Waals surface area contributed by atoms with Crippen LogP contribution in [-0.2, 0) is 0 Å². The van der Waals surface area contributed by atoms with Gasteiger partial charge in [0.05, 0.1) is 5.56 Å². The van der Waals surface area contributed by atoms with Crippen molar-refractivity contribution in [3.8, 4) is 0 Å². The second-order valence-corrected chi connectivity index (χ2v) is 5.39. The van der Waals surface area contributed by atoms with E-state index >= 15 is 0 Å². The van der Waals surface area contributed by atoms with E-state index in [0.717, 1.165) is 6.54 Å². The number of rotatable bonds is 4. The molecule has 1 aromatic rings. The summed E-state index contributed by atoms with van der Waals surface area (Å²) in [4.78, 5) is 14.7. The maximum Gasteiger partial charge on any atom is 0.337 e. The number of hydrogen-bond donors (Lipinski definition) is 2. The van der Waals surface area contributed by atoms with E-state index < -0.39 is 5.97 Å². The second kappa shape index (κ2) is 5.17. The molecule has 94 valence electrons. The molecule has 1 aromatic heterocycles. The average molecular weight is 236 g/mol. The molecule has 4 heteroatoms. The Kier molecular flexibility index (Phi) is 4.10.